The molecule has 0 spiro atoms. The highest BCUT2D eigenvalue weighted by Crippen LogP contribution is 2.32. The number of hydrogen-bond donors (Lipinski definition) is 1. The van der Waals surface area contributed by atoms with Crippen molar-refractivity contribution in [2.24, 2.45) is 0 Å². The normalized spacial score (nSPS) is 11.6. The molecule has 0 fully saturated rings. The number of aromatic amines is 1. The second-order valence-electron chi connectivity index (χ2n) is 3.79. The molecule has 1 N–H and O–H groups in total. The second kappa shape index (κ2) is 4.29. The van der Waals surface area contributed by atoms with E-state index in [1.165, 1.54) is 25.3 Å². The fourth-order valence-electron chi connectivity index (χ4n) is 1.62. The smallest absolute Gasteiger partial charge is 0.294 e. The predicted molar refractivity (Wildman–Crippen MR) is 59.0 cm³/mol. The number of carbonyl (C=O) groups is 1. The van der Waals surface area contributed by atoms with Gasteiger partial charge in [-0.2, -0.15) is 18.3 Å². The Hall–Kier alpha value is -2.11. The molecule has 6 heteroatoms. The van der Waals surface area contributed by atoms with Crippen LogP contribution in [0.2, 0.25) is 0 Å². The Labute approximate surface area is 101 Å². The summed E-state index contributed by atoms with van der Waals surface area (Å²) in [4.78, 5) is 11.3. The van der Waals surface area contributed by atoms with Crippen molar-refractivity contribution >= 4 is 5.78 Å². The maximum atomic E-state index is 12.6. The highest BCUT2D eigenvalue weighted by Gasteiger charge is 2.30. The fourth-order valence-corrected chi connectivity index (χ4v) is 1.62. The Bertz CT molecular complexity index is 587. The van der Waals surface area contributed by atoms with Gasteiger partial charge in [0.15, 0.2) is 5.78 Å². The van der Waals surface area contributed by atoms with Gasteiger partial charge in [0.05, 0.1) is 23.0 Å². The van der Waals surface area contributed by atoms with Crippen LogP contribution in [0.15, 0.2) is 30.5 Å². The Morgan fingerprint density at radius 3 is 2.67 bits per heavy atom. The van der Waals surface area contributed by atoms with Crippen LogP contribution >= 0.6 is 0 Å². The summed E-state index contributed by atoms with van der Waals surface area (Å²) in [5.74, 6) is -0.254. The number of carbonyl (C=O) groups excluding carboxylic acids is 1. The SMILES string of the molecule is CC(=O)c1cn[nH]c1-c1cccc(C(F)(F)F)c1. The molecular formula is C12H9F3N2O. The van der Waals surface area contributed by atoms with Crippen LogP contribution in [-0.4, -0.2) is 16.0 Å². The molecule has 0 atom stereocenters. The maximum Gasteiger partial charge on any atom is 0.416 e. The summed E-state index contributed by atoms with van der Waals surface area (Å²) >= 11 is 0. The van der Waals surface area contributed by atoms with Gasteiger partial charge in [-0.05, 0) is 19.1 Å². The average molecular weight is 254 g/mol. The highest BCUT2D eigenvalue weighted by atomic mass is 19.4. The second-order valence-corrected chi connectivity index (χ2v) is 3.79. The zero-order valence-electron chi connectivity index (χ0n) is 9.38. The van der Waals surface area contributed by atoms with Crippen LogP contribution in [-0.2, 0) is 6.18 Å². The van der Waals surface area contributed by atoms with E-state index >= 15 is 0 Å². The van der Waals surface area contributed by atoms with E-state index in [4.69, 9.17) is 0 Å². The molecule has 3 nitrogen and oxygen atoms in total. The third-order valence-electron chi connectivity index (χ3n) is 2.50. The average Bonchev–Trinajstić information content (AvgIpc) is 2.77. The van der Waals surface area contributed by atoms with Crippen molar-refractivity contribution in [3.63, 3.8) is 0 Å². The molecule has 2 rings (SSSR count). The lowest BCUT2D eigenvalue weighted by Gasteiger charge is -2.08. The highest BCUT2D eigenvalue weighted by molar-refractivity contribution is 5.99. The molecule has 0 bridgehead atoms. The number of hydrogen-bond acceptors (Lipinski definition) is 2. The summed E-state index contributed by atoms with van der Waals surface area (Å²) in [5.41, 5.74) is 0.0968. The lowest BCUT2D eigenvalue weighted by atomic mass is 10.0. The number of ketones is 1. The van der Waals surface area contributed by atoms with Gasteiger partial charge in [0, 0.05) is 5.56 Å². The molecule has 0 amide bonds. The summed E-state index contributed by atoms with van der Waals surface area (Å²) < 4.78 is 37.7. The van der Waals surface area contributed by atoms with Crippen molar-refractivity contribution in [2.75, 3.05) is 0 Å². The summed E-state index contributed by atoms with van der Waals surface area (Å²) in [6.45, 7) is 1.34. The Kier molecular flexibility index (Phi) is 2.94. The van der Waals surface area contributed by atoms with Crippen LogP contribution in [0.4, 0.5) is 13.2 Å². The summed E-state index contributed by atoms with van der Waals surface area (Å²) in [6, 6.07) is 4.76. The number of Topliss-reactive ketones (excluding diaryl/α,β-unsaturated/α-hetero) is 1. The van der Waals surface area contributed by atoms with Gasteiger partial charge >= 0.3 is 6.18 Å². The lowest BCUT2D eigenvalue weighted by Crippen LogP contribution is -2.04. The first-order chi connectivity index (χ1) is 8.39. The molecule has 1 aromatic heterocycles. The topological polar surface area (TPSA) is 45.8 Å². The third kappa shape index (κ3) is 2.27. The Morgan fingerprint density at radius 2 is 2.06 bits per heavy atom. The third-order valence-corrected chi connectivity index (χ3v) is 2.50. The molecule has 94 valence electrons. The molecule has 0 aliphatic heterocycles. The van der Waals surface area contributed by atoms with Crippen LogP contribution in [0, 0.1) is 0 Å². The van der Waals surface area contributed by atoms with Crippen LogP contribution in [0.5, 0.6) is 0 Å². The molecule has 0 aliphatic rings. The summed E-state index contributed by atoms with van der Waals surface area (Å²) in [7, 11) is 0. The number of nitrogens with one attached hydrogen (secondary N) is 1. The number of benzene rings is 1. The first kappa shape index (κ1) is 12.3. The van der Waals surface area contributed by atoms with E-state index in [9.17, 15) is 18.0 Å². The Morgan fingerprint density at radius 1 is 1.33 bits per heavy atom. The number of rotatable bonds is 2. The number of nitrogens with zero attached hydrogens (tertiary/aromatic N) is 1. The van der Waals surface area contributed by atoms with Crippen LogP contribution < -0.4 is 0 Å². The Balaban J connectivity index is 2.52. The van der Waals surface area contributed by atoms with Crippen molar-refractivity contribution in [3.05, 3.63) is 41.6 Å². The van der Waals surface area contributed by atoms with E-state index in [1.54, 1.807) is 0 Å². The van der Waals surface area contributed by atoms with Gasteiger partial charge in [-0.25, -0.2) is 0 Å². The van der Waals surface area contributed by atoms with Gasteiger partial charge in [-0.15, -0.1) is 0 Å². The minimum absolute atomic E-state index is 0.254. The molecule has 1 aromatic carbocycles. The van der Waals surface area contributed by atoms with E-state index in [2.05, 4.69) is 10.2 Å². The number of H-pyrrole nitrogens is 1. The number of aromatic nitrogens is 2. The first-order valence-corrected chi connectivity index (χ1v) is 5.11. The van der Waals surface area contributed by atoms with Gasteiger partial charge < -0.3 is 0 Å². The van der Waals surface area contributed by atoms with Crippen molar-refractivity contribution in [2.45, 2.75) is 13.1 Å². The van der Waals surface area contributed by atoms with Gasteiger partial charge in [-0.1, -0.05) is 12.1 Å². The minimum Gasteiger partial charge on any atom is -0.294 e. The fraction of sp³-hybridized carbons (Fsp3) is 0.167. The van der Waals surface area contributed by atoms with Gasteiger partial charge in [0.1, 0.15) is 0 Å². The maximum absolute atomic E-state index is 12.6. The molecular weight excluding hydrogens is 245 g/mol. The molecule has 0 unspecified atom stereocenters. The van der Waals surface area contributed by atoms with Crippen LogP contribution in [0.25, 0.3) is 11.3 Å². The molecule has 0 radical (unpaired) electrons. The summed E-state index contributed by atoms with van der Waals surface area (Å²) in [5, 5.41) is 6.23. The van der Waals surface area contributed by atoms with Crippen LogP contribution in [0.3, 0.4) is 0 Å². The van der Waals surface area contributed by atoms with Gasteiger partial charge in [-0.3, -0.25) is 9.89 Å². The molecule has 1 heterocycles. The zero-order chi connectivity index (χ0) is 13.3. The van der Waals surface area contributed by atoms with Crippen molar-refractivity contribution in [1.82, 2.24) is 10.2 Å². The van der Waals surface area contributed by atoms with E-state index in [-0.39, 0.29) is 16.9 Å². The van der Waals surface area contributed by atoms with Gasteiger partial charge in [0.2, 0.25) is 0 Å². The van der Waals surface area contributed by atoms with Crippen molar-refractivity contribution < 1.29 is 18.0 Å². The first-order valence-electron chi connectivity index (χ1n) is 5.11. The molecule has 2 aromatic rings. The van der Waals surface area contributed by atoms with Crippen molar-refractivity contribution in [1.29, 1.82) is 0 Å². The quantitative estimate of drug-likeness (QED) is 0.836. The molecule has 18 heavy (non-hydrogen) atoms. The van der Waals surface area contributed by atoms with Gasteiger partial charge in [0.25, 0.3) is 0 Å². The molecule has 0 aliphatic carbocycles. The molecule has 0 saturated carbocycles. The lowest BCUT2D eigenvalue weighted by molar-refractivity contribution is -0.137. The molecule has 0 saturated heterocycles. The predicted octanol–water partition coefficient (Wildman–Crippen LogP) is 3.30. The number of alkyl halides is 3. The van der Waals surface area contributed by atoms with E-state index < -0.39 is 11.7 Å². The van der Waals surface area contributed by atoms with E-state index in [0.29, 0.717) is 5.69 Å². The summed E-state index contributed by atoms with van der Waals surface area (Å²) in [6.07, 6.45) is -3.11. The van der Waals surface area contributed by atoms with E-state index in [1.807, 2.05) is 0 Å². The van der Waals surface area contributed by atoms with Crippen molar-refractivity contribution in [3.8, 4) is 11.3 Å². The number of halogens is 3. The largest absolute Gasteiger partial charge is 0.416 e. The van der Waals surface area contributed by atoms with E-state index in [0.717, 1.165) is 12.1 Å². The monoisotopic (exact) mass is 254 g/mol. The standard InChI is InChI=1S/C12H9F3N2O/c1-7(18)10-6-16-17-11(10)8-3-2-4-9(5-8)12(13,14)15/h2-6H,1H3,(H,16,17). The van der Waals surface area contributed by atoms with Crippen LogP contribution in [0.1, 0.15) is 22.8 Å². The zero-order valence-corrected chi connectivity index (χ0v) is 9.38. The minimum atomic E-state index is -4.41.